The van der Waals surface area contributed by atoms with E-state index in [9.17, 15) is 23.7 Å². The Bertz CT molecular complexity index is 1490. The number of aliphatic hydroxyl groups excluding tert-OH is 1. The first-order chi connectivity index (χ1) is 19.3. The van der Waals surface area contributed by atoms with Gasteiger partial charge in [-0.2, -0.15) is 4.98 Å². The SMILES string of the molecule is CC(C)OC(=O)[C@H](C)C[P@](=O)(Oc1ccccc1)O[C@H](C)[C@H]1O[C@@H](n2cnc3c(=O)[nH]c(N)nc32)C(N)(CF)[C@H]1O. The zero-order valence-electron chi connectivity index (χ0n) is 23.0. The summed E-state index contributed by atoms with van der Waals surface area (Å²) in [5.74, 6) is -1.48. The number of nitrogens with zero attached hydrogens (tertiary/aromatic N) is 3. The number of aromatic amines is 1. The van der Waals surface area contributed by atoms with Gasteiger partial charge in [0, 0.05) is 0 Å². The smallest absolute Gasteiger partial charge is 0.380 e. The molecule has 4 rings (SSSR count). The third-order valence-electron chi connectivity index (χ3n) is 6.57. The number of anilines is 1. The lowest BCUT2D eigenvalue weighted by atomic mass is 9.91. The summed E-state index contributed by atoms with van der Waals surface area (Å²) < 4.78 is 52.6. The van der Waals surface area contributed by atoms with Crippen LogP contribution in [0.3, 0.4) is 0 Å². The van der Waals surface area contributed by atoms with Crippen molar-refractivity contribution in [2.45, 2.75) is 63.9 Å². The third kappa shape index (κ3) is 6.28. The molecule has 1 aromatic carbocycles. The molecule has 16 heteroatoms. The molecule has 14 nitrogen and oxygen atoms in total. The number of rotatable bonds is 11. The molecule has 1 saturated heterocycles. The molecule has 1 aliphatic heterocycles. The number of fused-ring (bicyclic) bond motifs is 1. The van der Waals surface area contributed by atoms with Crippen molar-refractivity contribution < 1.29 is 37.4 Å². The van der Waals surface area contributed by atoms with Crippen LogP contribution < -0.4 is 21.6 Å². The Labute approximate surface area is 234 Å². The summed E-state index contributed by atoms with van der Waals surface area (Å²) >= 11 is 0. The Morgan fingerprint density at radius 3 is 2.61 bits per heavy atom. The number of aromatic nitrogens is 4. The maximum absolute atomic E-state index is 14.5. The van der Waals surface area contributed by atoms with Gasteiger partial charge >= 0.3 is 13.6 Å². The molecular formula is C25H34FN6O8P. The highest BCUT2D eigenvalue weighted by molar-refractivity contribution is 7.54. The number of hydrogen-bond acceptors (Lipinski definition) is 12. The number of carbonyl (C=O) groups excluding carboxylic acids is 1. The van der Waals surface area contributed by atoms with Crippen LogP contribution in [0.4, 0.5) is 10.3 Å². The number of aliphatic hydroxyl groups is 1. The molecule has 1 aliphatic rings. The molecule has 0 amide bonds. The Hall–Kier alpha value is -3.36. The molecule has 1 fully saturated rings. The largest absolute Gasteiger partial charge is 0.463 e. The van der Waals surface area contributed by atoms with Crippen LogP contribution in [0.15, 0.2) is 41.5 Å². The van der Waals surface area contributed by atoms with Gasteiger partial charge in [-0.3, -0.25) is 23.7 Å². The van der Waals surface area contributed by atoms with E-state index in [2.05, 4.69) is 15.0 Å². The van der Waals surface area contributed by atoms with Crippen LogP contribution in [0, 0.1) is 5.92 Å². The van der Waals surface area contributed by atoms with Crippen LogP contribution in [-0.2, 0) is 23.4 Å². The minimum atomic E-state index is -4.13. The van der Waals surface area contributed by atoms with E-state index < -0.39 is 67.9 Å². The van der Waals surface area contributed by atoms with Crippen molar-refractivity contribution in [1.29, 1.82) is 0 Å². The molecule has 3 aromatic rings. The predicted molar refractivity (Wildman–Crippen MR) is 146 cm³/mol. The average molecular weight is 597 g/mol. The van der Waals surface area contributed by atoms with Gasteiger partial charge in [0.1, 0.15) is 30.2 Å². The summed E-state index contributed by atoms with van der Waals surface area (Å²) in [5, 5.41) is 11.2. The second kappa shape index (κ2) is 11.9. The lowest BCUT2D eigenvalue weighted by Crippen LogP contribution is -2.57. The maximum atomic E-state index is 14.5. The highest BCUT2D eigenvalue weighted by Gasteiger charge is 2.58. The van der Waals surface area contributed by atoms with Crippen LogP contribution in [0.25, 0.3) is 11.2 Å². The number of halogens is 1. The van der Waals surface area contributed by atoms with E-state index in [1.54, 1.807) is 44.2 Å². The van der Waals surface area contributed by atoms with Crippen molar-refractivity contribution in [2.24, 2.45) is 11.7 Å². The monoisotopic (exact) mass is 596 g/mol. The maximum Gasteiger partial charge on any atom is 0.380 e. The van der Waals surface area contributed by atoms with Gasteiger partial charge in [-0.15, -0.1) is 0 Å². The number of alkyl halides is 1. The molecule has 3 heterocycles. The molecule has 0 bridgehead atoms. The molecule has 0 radical (unpaired) electrons. The normalized spacial score (nSPS) is 25.6. The van der Waals surface area contributed by atoms with Crippen molar-refractivity contribution in [3.8, 4) is 5.75 Å². The number of benzene rings is 1. The van der Waals surface area contributed by atoms with Gasteiger partial charge in [0.25, 0.3) is 5.56 Å². The van der Waals surface area contributed by atoms with E-state index in [1.807, 2.05) is 0 Å². The number of carbonyl (C=O) groups is 1. The third-order valence-corrected chi connectivity index (χ3v) is 8.71. The van der Waals surface area contributed by atoms with E-state index in [-0.39, 0.29) is 29.0 Å². The van der Waals surface area contributed by atoms with Crippen molar-refractivity contribution in [3.05, 3.63) is 47.0 Å². The summed E-state index contributed by atoms with van der Waals surface area (Å²) in [4.78, 5) is 35.1. The fourth-order valence-corrected chi connectivity index (χ4v) is 6.66. The van der Waals surface area contributed by atoms with Gasteiger partial charge in [-0.05, 0) is 32.9 Å². The number of nitrogens with one attached hydrogen (secondary N) is 1. The topological polar surface area (TPSA) is 207 Å². The molecule has 1 unspecified atom stereocenters. The second-order valence-electron chi connectivity index (χ2n) is 10.3. The van der Waals surface area contributed by atoms with E-state index in [4.69, 9.17) is 30.0 Å². The summed E-state index contributed by atoms with van der Waals surface area (Å²) in [6.07, 6.45) is -5.20. The second-order valence-corrected chi connectivity index (χ2v) is 12.3. The van der Waals surface area contributed by atoms with Crippen molar-refractivity contribution >= 4 is 30.7 Å². The summed E-state index contributed by atoms with van der Waals surface area (Å²) in [5.41, 5.74) is 9.17. The molecular weight excluding hydrogens is 562 g/mol. The van der Waals surface area contributed by atoms with E-state index in [0.29, 0.717) is 0 Å². The number of ether oxygens (including phenoxy) is 2. The lowest BCUT2D eigenvalue weighted by molar-refractivity contribution is -0.151. The summed E-state index contributed by atoms with van der Waals surface area (Å²) in [6.45, 7) is 5.09. The molecule has 7 atom stereocenters. The Balaban J connectivity index is 1.63. The lowest BCUT2D eigenvalue weighted by Gasteiger charge is -2.31. The molecule has 41 heavy (non-hydrogen) atoms. The van der Waals surface area contributed by atoms with E-state index in [0.717, 1.165) is 0 Å². The molecule has 0 saturated carbocycles. The standard InChI is InChI=1S/C25H34FN6O8P/c1-13(2)37-22(35)14(3)10-41(36,40-16-8-6-5-7-9-16)39-15(4)18-19(33)25(28,11-26)23(38-18)32-12-29-17-20(32)30-24(27)31-21(17)34/h5-9,12-15,18-19,23,33H,10-11,28H2,1-4H3,(H3,27,30,31,34)/t14-,15-,18-,19+,23-,25?,41-/m1/s1. The first kappa shape index (κ1) is 30.6. The molecule has 6 N–H and O–H groups in total. The number of H-pyrrole nitrogens is 1. The number of hydrogen-bond donors (Lipinski definition) is 4. The zero-order chi connectivity index (χ0) is 30.1. The number of para-hydroxylation sites is 1. The molecule has 2 aromatic heterocycles. The molecule has 0 aliphatic carbocycles. The Morgan fingerprint density at radius 2 is 1.98 bits per heavy atom. The Morgan fingerprint density at radius 1 is 1.29 bits per heavy atom. The summed E-state index contributed by atoms with van der Waals surface area (Å²) in [6, 6.07) is 8.19. The van der Waals surface area contributed by atoms with Crippen molar-refractivity contribution in [2.75, 3.05) is 18.6 Å². The van der Waals surface area contributed by atoms with Crippen LogP contribution in [-0.4, -0.2) is 73.4 Å². The van der Waals surface area contributed by atoms with Crippen molar-refractivity contribution in [1.82, 2.24) is 19.5 Å². The molecule has 0 spiro atoms. The highest BCUT2D eigenvalue weighted by atomic mass is 31.2. The van der Waals surface area contributed by atoms with Crippen molar-refractivity contribution in [3.63, 3.8) is 0 Å². The first-order valence-corrected chi connectivity index (χ1v) is 14.6. The van der Waals surface area contributed by atoms with Gasteiger partial charge < -0.3 is 30.6 Å². The number of imidazole rings is 1. The van der Waals surface area contributed by atoms with Crippen LogP contribution in [0.5, 0.6) is 5.75 Å². The van der Waals surface area contributed by atoms with Gasteiger partial charge in [0.05, 0.1) is 30.6 Å². The van der Waals surface area contributed by atoms with Crippen LogP contribution in [0.2, 0.25) is 0 Å². The minimum Gasteiger partial charge on any atom is -0.463 e. The minimum absolute atomic E-state index is 0.0449. The van der Waals surface area contributed by atoms with E-state index >= 15 is 0 Å². The first-order valence-electron chi connectivity index (χ1n) is 12.9. The quantitative estimate of drug-likeness (QED) is 0.185. The summed E-state index contributed by atoms with van der Waals surface area (Å²) in [7, 11) is -4.13. The number of nitrogen functional groups attached to an aromatic ring is 1. The van der Waals surface area contributed by atoms with Crippen LogP contribution in [0.1, 0.15) is 33.9 Å². The fraction of sp³-hybridized carbons (Fsp3) is 0.520. The van der Waals surface area contributed by atoms with Gasteiger partial charge in [-0.1, -0.05) is 25.1 Å². The zero-order valence-corrected chi connectivity index (χ0v) is 23.9. The van der Waals surface area contributed by atoms with E-state index in [1.165, 1.54) is 24.7 Å². The Kier molecular flexibility index (Phi) is 8.85. The highest BCUT2D eigenvalue weighted by Crippen LogP contribution is 2.53. The van der Waals surface area contributed by atoms with Gasteiger partial charge in [-0.25, -0.2) is 13.9 Å². The van der Waals surface area contributed by atoms with Crippen LogP contribution >= 0.6 is 7.60 Å². The average Bonchev–Trinajstić information content (AvgIpc) is 3.42. The number of esters is 1. The number of nitrogens with two attached hydrogens (primary N) is 2. The fourth-order valence-electron chi connectivity index (χ4n) is 4.57. The van der Waals surface area contributed by atoms with Gasteiger partial charge in [0.2, 0.25) is 5.95 Å². The van der Waals surface area contributed by atoms with Gasteiger partial charge in [0.15, 0.2) is 17.4 Å². The predicted octanol–water partition coefficient (Wildman–Crippen LogP) is 1.89. The molecule has 224 valence electrons.